The maximum atomic E-state index is 10.5. The highest BCUT2D eigenvalue weighted by Crippen LogP contribution is 1.83. The molecule has 0 aromatic heterocycles. The molecule has 0 saturated carbocycles. The van der Waals surface area contributed by atoms with E-state index in [9.17, 15) is 4.79 Å². The molecule has 0 spiro atoms. The van der Waals surface area contributed by atoms with Crippen LogP contribution in [0.1, 0.15) is 13.8 Å². The molecule has 0 fully saturated rings. The summed E-state index contributed by atoms with van der Waals surface area (Å²) in [5.41, 5.74) is 0. The molecule has 1 N–H and O–H groups in total. The molecular formula is C10H17NO3. The number of esters is 1. The summed E-state index contributed by atoms with van der Waals surface area (Å²) in [5.74, 6) is 4.95. The molecule has 0 radical (unpaired) electrons. The number of hydrogen-bond donors (Lipinski definition) is 1. The minimum absolute atomic E-state index is 0.0562. The number of aliphatic hydroxyl groups excluding tert-OH is 1. The van der Waals surface area contributed by atoms with E-state index in [0.29, 0.717) is 6.54 Å². The molecule has 4 nitrogen and oxygen atoms in total. The molecule has 0 aliphatic rings. The van der Waals surface area contributed by atoms with Crippen LogP contribution in [-0.4, -0.2) is 48.8 Å². The van der Waals surface area contributed by atoms with Crippen LogP contribution in [0.3, 0.4) is 0 Å². The zero-order valence-electron chi connectivity index (χ0n) is 8.75. The highest BCUT2D eigenvalue weighted by atomic mass is 16.5. The lowest BCUT2D eigenvalue weighted by molar-refractivity contribution is -0.145. The van der Waals surface area contributed by atoms with Crippen molar-refractivity contribution < 1.29 is 14.6 Å². The quantitative estimate of drug-likeness (QED) is 0.495. The molecule has 0 aromatic carbocycles. The lowest BCUT2D eigenvalue weighted by Gasteiger charge is -2.13. The van der Waals surface area contributed by atoms with E-state index in [1.165, 1.54) is 0 Å². The maximum absolute atomic E-state index is 10.5. The molecule has 0 atom stereocenters. The first-order chi connectivity index (χ1) is 6.74. The normalized spacial score (nSPS) is 9.43. The Morgan fingerprint density at radius 2 is 2.00 bits per heavy atom. The van der Waals surface area contributed by atoms with Crippen molar-refractivity contribution in [3.63, 3.8) is 0 Å². The summed E-state index contributed by atoms with van der Waals surface area (Å²) < 4.78 is 4.56. The molecule has 0 saturated heterocycles. The van der Waals surface area contributed by atoms with Crippen LogP contribution >= 0.6 is 0 Å². The predicted octanol–water partition coefficient (Wildman–Crippen LogP) is -0.133. The van der Waals surface area contributed by atoms with Crippen molar-refractivity contribution in [2.24, 2.45) is 0 Å². The minimum atomic E-state index is -0.637. The Kier molecular flexibility index (Phi) is 7.90. The molecule has 0 bridgehead atoms. The smallest absolute Gasteiger partial charge is 0.332 e. The average Bonchev–Trinajstić information content (AvgIpc) is 2.23. The Balaban J connectivity index is 3.57. The second-order valence-electron chi connectivity index (χ2n) is 2.63. The topological polar surface area (TPSA) is 49.8 Å². The first kappa shape index (κ1) is 12.9. The van der Waals surface area contributed by atoms with Gasteiger partial charge in [0.25, 0.3) is 0 Å². The summed E-state index contributed by atoms with van der Waals surface area (Å²) in [4.78, 5) is 12.6. The summed E-state index contributed by atoms with van der Waals surface area (Å²) >= 11 is 0. The third kappa shape index (κ3) is 6.46. The van der Waals surface area contributed by atoms with Crippen molar-refractivity contribution in [2.45, 2.75) is 13.8 Å². The number of ether oxygens (including phenoxy) is 1. The molecule has 0 aliphatic heterocycles. The summed E-state index contributed by atoms with van der Waals surface area (Å²) in [7, 11) is 0. The summed E-state index contributed by atoms with van der Waals surface area (Å²) in [6.07, 6.45) is 0. The summed E-state index contributed by atoms with van der Waals surface area (Å²) in [6, 6.07) is 0. The van der Waals surface area contributed by atoms with E-state index in [1.807, 2.05) is 0 Å². The Bertz CT molecular complexity index is 213. The average molecular weight is 199 g/mol. The van der Waals surface area contributed by atoms with Crippen molar-refractivity contribution in [1.82, 2.24) is 4.90 Å². The van der Waals surface area contributed by atoms with E-state index in [0.717, 1.165) is 13.1 Å². The van der Waals surface area contributed by atoms with Crippen molar-refractivity contribution in [3.05, 3.63) is 0 Å². The number of rotatable bonds is 5. The lowest BCUT2D eigenvalue weighted by Crippen LogP contribution is -2.23. The van der Waals surface area contributed by atoms with Gasteiger partial charge in [-0.15, -0.1) is 0 Å². The fourth-order valence-corrected chi connectivity index (χ4v) is 0.828. The van der Waals surface area contributed by atoms with E-state index >= 15 is 0 Å². The standard InChI is InChI=1S/C10H17NO3/c1-3-11(4-2)7-5-6-8-14-10(13)9-12/h12H,3-4,7-9H2,1-2H3. The van der Waals surface area contributed by atoms with E-state index in [4.69, 9.17) is 5.11 Å². The van der Waals surface area contributed by atoms with Crippen LogP contribution in [0.5, 0.6) is 0 Å². The minimum Gasteiger partial charge on any atom is -0.451 e. The fraction of sp³-hybridized carbons (Fsp3) is 0.700. The van der Waals surface area contributed by atoms with E-state index < -0.39 is 12.6 Å². The fourth-order valence-electron chi connectivity index (χ4n) is 0.828. The number of nitrogens with zero attached hydrogens (tertiary/aromatic N) is 1. The predicted molar refractivity (Wildman–Crippen MR) is 53.6 cm³/mol. The number of carbonyl (C=O) groups excluding carboxylic acids is 1. The molecule has 80 valence electrons. The van der Waals surface area contributed by atoms with Gasteiger partial charge in [-0.3, -0.25) is 4.90 Å². The van der Waals surface area contributed by atoms with Gasteiger partial charge in [0.05, 0.1) is 6.54 Å². The molecule has 0 rings (SSSR count). The summed E-state index contributed by atoms with van der Waals surface area (Å²) in [5, 5.41) is 8.32. The zero-order chi connectivity index (χ0) is 10.8. The Morgan fingerprint density at radius 3 is 2.50 bits per heavy atom. The first-order valence-corrected chi connectivity index (χ1v) is 4.69. The Labute approximate surface area is 84.9 Å². The van der Waals surface area contributed by atoms with Gasteiger partial charge in [-0.2, -0.15) is 0 Å². The zero-order valence-corrected chi connectivity index (χ0v) is 8.75. The van der Waals surface area contributed by atoms with Crippen LogP contribution in [0, 0.1) is 11.8 Å². The molecule has 4 heteroatoms. The van der Waals surface area contributed by atoms with E-state index in [1.54, 1.807) is 0 Å². The maximum Gasteiger partial charge on any atom is 0.332 e. The van der Waals surface area contributed by atoms with Gasteiger partial charge < -0.3 is 9.84 Å². The van der Waals surface area contributed by atoms with E-state index in [2.05, 4.69) is 35.3 Å². The van der Waals surface area contributed by atoms with Crippen LogP contribution in [0.15, 0.2) is 0 Å². The van der Waals surface area contributed by atoms with Crippen molar-refractivity contribution in [2.75, 3.05) is 32.8 Å². The third-order valence-electron chi connectivity index (χ3n) is 1.76. The van der Waals surface area contributed by atoms with Crippen LogP contribution in [0.4, 0.5) is 0 Å². The van der Waals surface area contributed by atoms with Crippen LogP contribution in [-0.2, 0) is 9.53 Å². The molecule has 0 amide bonds. The van der Waals surface area contributed by atoms with Gasteiger partial charge >= 0.3 is 5.97 Å². The molecule has 0 aromatic rings. The summed E-state index contributed by atoms with van der Waals surface area (Å²) in [6.45, 7) is 6.21. The van der Waals surface area contributed by atoms with Gasteiger partial charge in [0, 0.05) is 0 Å². The van der Waals surface area contributed by atoms with Crippen molar-refractivity contribution in [3.8, 4) is 11.8 Å². The van der Waals surface area contributed by atoms with Gasteiger partial charge in [0.1, 0.15) is 6.61 Å². The molecule has 14 heavy (non-hydrogen) atoms. The van der Waals surface area contributed by atoms with Gasteiger partial charge in [-0.25, -0.2) is 4.79 Å². The molecular weight excluding hydrogens is 182 g/mol. The van der Waals surface area contributed by atoms with Crippen molar-refractivity contribution in [1.29, 1.82) is 0 Å². The first-order valence-electron chi connectivity index (χ1n) is 4.69. The molecule has 0 heterocycles. The molecule has 0 aliphatic carbocycles. The monoisotopic (exact) mass is 199 g/mol. The van der Waals surface area contributed by atoms with E-state index in [-0.39, 0.29) is 6.61 Å². The van der Waals surface area contributed by atoms with Gasteiger partial charge in [-0.05, 0) is 13.1 Å². The second kappa shape index (κ2) is 8.54. The Morgan fingerprint density at radius 1 is 1.36 bits per heavy atom. The highest BCUT2D eigenvalue weighted by molar-refractivity contribution is 5.70. The highest BCUT2D eigenvalue weighted by Gasteiger charge is 1.96. The Hall–Kier alpha value is -1.05. The lowest BCUT2D eigenvalue weighted by atomic mass is 10.4. The number of hydrogen-bond acceptors (Lipinski definition) is 4. The second-order valence-corrected chi connectivity index (χ2v) is 2.63. The van der Waals surface area contributed by atoms with Gasteiger partial charge in [0.2, 0.25) is 0 Å². The molecule has 0 unspecified atom stereocenters. The van der Waals surface area contributed by atoms with Crippen LogP contribution in [0.2, 0.25) is 0 Å². The SMILES string of the molecule is CCN(CC)CC#CCOC(=O)CO. The van der Waals surface area contributed by atoms with Crippen LogP contribution < -0.4 is 0 Å². The number of carbonyl (C=O) groups is 1. The van der Waals surface area contributed by atoms with Crippen molar-refractivity contribution >= 4 is 5.97 Å². The van der Waals surface area contributed by atoms with Gasteiger partial charge in [0.15, 0.2) is 6.61 Å². The number of aliphatic hydroxyl groups is 1. The van der Waals surface area contributed by atoms with Gasteiger partial charge in [-0.1, -0.05) is 25.7 Å². The van der Waals surface area contributed by atoms with Crippen LogP contribution in [0.25, 0.3) is 0 Å². The largest absolute Gasteiger partial charge is 0.451 e. The third-order valence-corrected chi connectivity index (χ3v) is 1.76.